The summed E-state index contributed by atoms with van der Waals surface area (Å²) in [6.07, 6.45) is 2.96. The van der Waals surface area contributed by atoms with E-state index < -0.39 is 11.9 Å². The first-order valence-corrected chi connectivity index (χ1v) is 9.09. The van der Waals surface area contributed by atoms with Crippen LogP contribution in [0.2, 0.25) is 0 Å². The quantitative estimate of drug-likeness (QED) is 0.629. The van der Waals surface area contributed by atoms with Crippen LogP contribution in [-0.2, 0) is 9.53 Å². The van der Waals surface area contributed by atoms with Crippen LogP contribution < -0.4 is 10.1 Å². The van der Waals surface area contributed by atoms with Crippen LogP contribution in [-0.4, -0.2) is 35.1 Å². The van der Waals surface area contributed by atoms with E-state index in [2.05, 4.69) is 15.3 Å². The summed E-state index contributed by atoms with van der Waals surface area (Å²) in [5.74, 6) is -0.243. The molecule has 0 aliphatic carbocycles. The number of nitrogens with one attached hydrogen (secondary N) is 1. The molecular formula is C19H17N3O4S. The van der Waals surface area contributed by atoms with Gasteiger partial charge in [-0.2, -0.15) is 0 Å². The largest absolute Gasteiger partial charge is 0.494 e. The Kier molecular flexibility index (Phi) is 6.11. The van der Waals surface area contributed by atoms with Gasteiger partial charge in [0.2, 0.25) is 0 Å². The van der Waals surface area contributed by atoms with Gasteiger partial charge in [0, 0.05) is 23.3 Å². The molecule has 1 N–H and O–H groups in total. The summed E-state index contributed by atoms with van der Waals surface area (Å²) < 4.78 is 10.4. The van der Waals surface area contributed by atoms with Gasteiger partial charge in [-0.05, 0) is 43.3 Å². The van der Waals surface area contributed by atoms with Crippen LogP contribution >= 0.6 is 11.3 Å². The highest BCUT2D eigenvalue weighted by Gasteiger charge is 2.12. The predicted octanol–water partition coefficient (Wildman–Crippen LogP) is 3.40. The molecule has 0 atom stereocenters. The van der Waals surface area contributed by atoms with Gasteiger partial charge in [0.25, 0.3) is 5.91 Å². The highest BCUT2D eigenvalue weighted by atomic mass is 32.1. The number of carbonyl (C=O) groups excluding carboxylic acids is 2. The second kappa shape index (κ2) is 8.91. The topological polar surface area (TPSA) is 90.4 Å². The second-order valence-corrected chi connectivity index (χ2v) is 6.21. The van der Waals surface area contributed by atoms with Gasteiger partial charge >= 0.3 is 5.97 Å². The molecule has 1 amide bonds. The number of pyridine rings is 1. The van der Waals surface area contributed by atoms with Crippen LogP contribution in [0.25, 0.3) is 11.3 Å². The number of nitrogens with zero attached hydrogens (tertiary/aromatic N) is 2. The van der Waals surface area contributed by atoms with Crippen molar-refractivity contribution in [2.75, 3.05) is 18.5 Å². The number of carbonyl (C=O) groups is 2. The molecule has 0 saturated heterocycles. The maximum Gasteiger partial charge on any atom is 0.338 e. The molecule has 138 valence electrons. The van der Waals surface area contributed by atoms with Crippen molar-refractivity contribution < 1.29 is 19.1 Å². The SMILES string of the molecule is CCOc1ccc(-c2csc(NC(=O)COC(=O)c3ccncc3)n2)cc1. The van der Waals surface area contributed by atoms with Crippen molar-refractivity contribution in [1.82, 2.24) is 9.97 Å². The number of hydrogen-bond acceptors (Lipinski definition) is 7. The molecule has 1 aromatic carbocycles. The van der Waals surface area contributed by atoms with Crippen molar-refractivity contribution in [3.05, 3.63) is 59.7 Å². The zero-order valence-electron chi connectivity index (χ0n) is 14.5. The number of anilines is 1. The van der Waals surface area contributed by atoms with Crippen LogP contribution in [0.4, 0.5) is 5.13 Å². The molecule has 0 fully saturated rings. The van der Waals surface area contributed by atoms with Crippen LogP contribution in [0.5, 0.6) is 5.75 Å². The molecule has 7 nitrogen and oxygen atoms in total. The lowest BCUT2D eigenvalue weighted by atomic mass is 10.2. The van der Waals surface area contributed by atoms with Gasteiger partial charge in [0.1, 0.15) is 5.75 Å². The van der Waals surface area contributed by atoms with E-state index in [1.807, 2.05) is 36.6 Å². The third kappa shape index (κ3) is 5.11. The Morgan fingerprint density at radius 1 is 1.11 bits per heavy atom. The summed E-state index contributed by atoms with van der Waals surface area (Å²) >= 11 is 1.29. The molecule has 0 aliphatic rings. The Morgan fingerprint density at radius 3 is 2.56 bits per heavy atom. The number of esters is 1. The number of hydrogen-bond donors (Lipinski definition) is 1. The van der Waals surface area contributed by atoms with E-state index in [1.165, 1.54) is 35.9 Å². The van der Waals surface area contributed by atoms with Gasteiger partial charge in [0.05, 0.1) is 17.9 Å². The van der Waals surface area contributed by atoms with Crippen LogP contribution in [0.1, 0.15) is 17.3 Å². The van der Waals surface area contributed by atoms with E-state index in [9.17, 15) is 9.59 Å². The van der Waals surface area contributed by atoms with Gasteiger partial charge in [0.15, 0.2) is 11.7 Å². The molecule has 3 aromatic rings. The lowest BCUT2D eigenvalue weighted by Gasteiger charge is -2.04. The van der Waals surface area contributed by atoms with E-state index >= 15 is 0 Å². The molecule has 8 heteroatoms. The van der Waals surface area contributed by atoms with Gasteiger partial charge < -0.3 is 9.47 Å². The van der Waals surface area contributed by atoms with Crippen molar-refractivity contribution in [1.29, 1.82) is 0 Å². The molecule has 0 unspecified atom stereocenters. The molecular weight excluding hydrogens is 366 g/mol. The van der Waals surface area contributed by atoms with Crippen molar-refractivity contribution in [2.45, 2.75) is 6.92 Å². The standard InChI is InChI=1S/C19H17N3O4S/c1-2-25-15-5-3-13(4-6-15)16-12-27-19(21-16)22-17(23)11-26-18(24)14-7-9-20-10-8-14/h3-10,12H,2,11H2,1H3,(H,21,22,23). The van der Waals surface area contributed by atoms with Crippen LogP contribution in [0.3, 0.4) is 0 Å². The zero-order chi connectivity index (χ0) is 19.1. The minimum atomic E-state index is -0.582. The Morgan fingerprint density at radius 2 is 1.85 bits per heavy atom. The summed E-state index contributed by atoms with van der Waals surface area (Å²) in [6.45, 7) is 2.15. The molecule has 0 bridgehead atoms. The maximum absolute atomic E-state index is 12.0. The second-order valence-electron chi connectivity index (χ2n) is 5.36. The molecule has 0 radical (unpaired) electrons. The fourth-order valence-electron chi connectivity index (χ4n) is 2.21. The maximum atomic E-state index is 12.0. The van der Waals surface area contributed by atoms with Crippen molar-refractivity contribution in [3.8, 4) is 17.0 Å². The first-order valence-electron chi connectivity index (χ1n) is 8.21. The highest BCUT2D eigenvalue weighted by molar-refractivity contribution is 7.14. The average molecular weight is 383 g/mol. The number of amides is 1. The summed E-state index contributed by atoms with van der Waals surface area (Å²) in [4.78, 5) is 32.0. The minimum absolute atomic E-state index is 0.338. The predicted molar refractivity (Wildman–Crippen MR) is 102 cm³/mol. The summed E-state index contributed by atoms with van der Waals surface area (Å²) in [7, 11) is 0. The third-order valence-corrected chi connectivity index (χ3v) is 4.22. The molecule has 0 spiro atoms. The number of benzene rings is 1. The van der Waals surface area contributed by atoms with Crippen molar-refractivity contribution >= 4 is 28.3 Å². The Bertz CT molecular complexity index is 910. The van der Waals surface area contributed by atoms with Gasteiger partial charge in [-0.1, -0.05) is 0 Å². The number of aromatic nitrogens is 2. The van der Waals surface area contributed by atoms with E-state index in [-0.39, 0.29) is 6.61 Å². The fourth-order valence-corrected chi connectivity index (χ4v) is 2.95. The molecule has 27 heavy (non-hydrogen) atoms. The smallest absolute Gasteiger partial charge is 0.338 e. The molecule has 2 heterocycles. The average Bonchev–Trinajstić information content (AvgIpc) is 3.16. The Balaban J connectivity index is 1.54. The van der Waals surface area contributed by atoms with Gasteiger partial charge in [-0.25, -0.2) is 9.78 Å². The van der Waals surface area contributed by atoms with Crippen LogP contribution in [0, 0.1) is 0 Å². The third-order valence-electron chi connectivity index (χ3n) is 3.46. The summed E-state index contributed by atoms with van der Waals surface area (Å²) in [5.41, 5.74) is 2.00. The van der Waals surface area contributed by atoms with Crippen molar-refractivity contribution in [3.63, 3.8) is 0 Å². The summed E-state index contributed by atoms with van der Waals surface area (Å²) in [6, 6.07) is 10.6. The molecule has 0 saturated carbocycles. The Hall–Kier alpha value is -3.26. The lowest BCUT2D eigenvalue weighted by molar-refractivity contribution is -0.119. The van der Waals surface area contributed by atoms with Gasteiger partial charge in [-0.3, -0.25) is 15.1 Å². The minimum Gasteiger partial charge on any atom is -0.494 e. The monoisotopic (exact) mass is 383 g/mol. The van der Waals surface area contributed by atoms with Gasteiger partial charge in [-0.15, -0.1) is 11.3 Å². The highest BCUT2D eigenvalue weighted by Crippen LogP contribution is 2.26. The number of ether oxygens (including phenoxy) is 2. The number of rotatable bonds is 7. The summed E-state index contributed by atoms with van der Waals surface area (Å²) in [5, 5.41) is 4.90. The molecule has 0 aliphatic heterocycles. The molecule has 3 rings (SSSR count). The molecule has 2 aromatic heterocycles. The Labute approximate surface area is 160 Å². The lowest BCUT2D eigenvalue weighted by Crippen LogP contribution is -2.20. The number of thiazole rings is 1. The normalized spacial score (nSPS) is 10.3. The fraction of sp³-hybridized carbons (Fsp3) is 0.158. The van der Waals surface area contributed by atoms with Crippen molar-refractivity contribution in [2.24, 2.45) is 0 Å². The first-order chi connectivity index (χ1) is 13.2. The van der Waals surface area contributed by atoms with E-state index in [1.54, 1.807) is 0 Å². The zero-order valence-corrected chi connectivity index (χ0v) is 15.4. The van der Waals surface area contributed by atoms with Crippen LogP contribution in [0.15, 0.2) is 54.2 Å². The van der Waals surface area contributed by atoms with E-state index in [0.29, 0.717) is 17.3 Å². The van der Waals surface area contributed by atoms with E-state index in [4.69, 9.17) is 9.47 Å². The first kappa shape index (κ1) is 18.5. The van der Waals surface area contributed by atoms with E-state index in [0.717, 1.165) is 17.0 Å².